The average Bonchev–Trinajstić information content (AvgIpc) is 3.67. The Morgan fingerprint density at radius 2 is 1.71 bits per heavy atom. The van der Waals surface area contributed by atoms with Gasteiger partial charge in [0.1, 0.15) is 11.6 Å². The number of nitrogens with one attached hydrogen (secondary N) is 2. The van der Waals surface area contributed by atoms with Crippen molar-refractivity contribution in [3.05, 3.63) is 52.9 Å². The van der Waals surface area contributed by atoms with Gasteiger partial charge < -0.3 is 25.2 Å². The molecule has 252 valence electrons. The molecule has 3 aliphatic heterocycles. The molecule has 0 radical (unpaired) electrons. The first kappa shape index (κ1) is 32.9. The average molecular weight is 733 g/mol. The molecule has 2 atom stereocenters. The minimum atomic E-state index is -0.474. The molecule has 0 aliphatic carbocycles. The van der Waals surface area contributed by atoms with Crippen molar-refractivity contribution in [1.29, 1.82) is 0 Å². The van der Waals surface area contributed by atoms with Gasteiger partial charge in [-0.15, -0.1) is 0 Å². The van der Waals surface area contributed by atoms with Gasteiger partial charge in [0, 0.05) is 93.6 Å². The van der Waals surface area contributed by atoms with Crippen LogP contribution in [-0.4, -0.2) is 101 Å². The Hall–Kier alpha value is -3.60. The van der Waals surface area contributed by atoms with Crippen LogP contribution < -0.4 is 25.6 Å². The lowest BCUT2D eigenvalue weighted by Crippen LogP contribution is -2.45. The molecule has 0 spiro atoms. The van der Waals surface area contributed by atoms with Crippen molar-refractivity contribution in [2.45, 2.75) is 32.7 Å². The third kappa shape index (κ3) is 6.54. The Morgan fingerprint density at radius 1 is 0.979 bits per heavy atom. The molecule has 5 heterocycles. The maximum absolute atomic E-state index is 11.8. The van der Waals surface area contributed by atoms with Crippen molar-refractivity contribution < 1.29 is 9.53 Å². The number of fused-ring (bicyclic) bond motifs is 2. The van der Waals surface area contributed by atoms with E-state index in [1.54, 1.807) is 32.6 Å². The molecule has 0 saturated carbocycles. The van der Waals surface area contributed by atoms with Crippen molar-refractivity contribution in [2.75, 3.05) is 75.2 Å². The number of amides is 1. The highest BCUT2D eigenvalue weighted by atomic mass is 79.9. The van der Waals surface area contributed by atoms with E-state index in [2.05, 4.69) is 83.7 Å². The number of aromatic nitrogens is 4. The van der Waals surface area contributed by atoms with E-state index < -0.39 is 7.92 Å². The third-order valence-corrected chi connectivity index (χ3v) is 12.0. The number of benzene rings is 2. The van der Waals surface area contributed by atoms with Crippen LogP contribution in [0.25, 0.3) is 11.0 Å². The van der Waals surface area contributed by atoms with Crippen LogP contribution in [0.5, 0.6) is 5.75 Å². The van der Waals surface area contributed by atoms with Gasteiger partial charge in [0.15, 0.2) is 0 Å². The molecule has 3 aliphatic rings. The second kappa shape index (κ2) is 13.7. The SMILES string of the molecule is COc1cc(N2CCC(N3C[C@H]4CN(C(C)=O)C[C@H]4C3)CC2)c(C)cc1Nc1ncc(Br)c(Nc2ccc3nccnc3c2P(C)C)n1. The van der Waals surface area contributed by atoms with Gasteiger partial charge in [0.25, 0.3) is 0 Å². The number of methoxy groups -OCH3 is 1. The summed E-state index contributed by atoms with van der Waals surface area (Å²) in [5.74, 6) is 3.35. The number of anilines is 5. The van der Waals surface area contributed by atoms with Crippen LogP contribution in [0.4, 0.5) is 28.8 Å². The number of nitrogens with zero attached hydrogens (tertiary/aromatic N) is 7. The maximum atomic E-state index is 11.8. The third-order valence-electron chi connectivity index (χ3n) is 10.1. The molecule has 2 aromatic carbocycles. The van der Waals surface area contributed by atoms with Gasteiger partial charge in [0.2, 0.25) is 11.9 Å². The molecule has 13 heteroatoms. The van der Waals surface area contributed by atoms with E-state index in [-0.39, 0.29) is 5.91 Å². The monoisotopic (exact) mass is 731 g/mol. The van der Waals surface area contributed by atoms with Crippen molar-refractivity contribution >= 4 is 74.9 Å². The number of hydrogen-bond donors (Lipinski definition) is 2. The summed E-state index contributed by atoms with van der Waals surface area (Å²) in [7, 11) is 1.23. The summed E-state index contributed by atoms with van der Waals surface area (Å²) in [6, 6.07) is 8.91. The highest BCUT2D eigenvalue weighted by molar-refractivity contribution is 9.10. The first-order chi connectivity index (χ1) is 23.2. The molecule has 2 aromatic heterocycles. The highest BCUT2D eigenvalue weighted by Crippen LogP contribution is 2.39. The molecular formula is C35H43BrN9O2P. The summed E-state index contributed by atoms with van der Waals surface area (Å²) in [4.78, 5) is 37.6. The summed E-state index contributed by atoms with van der Waals surface area (Å²) in [5.41, 5.74) is 5.94. The van der Waals surface area contributed by atoms with Crippen LogP contribution in [0.1, 0.15) is 25.3 Å². The smallest absolute Gasteiger partial charge is 0.229 e. The van der Waals surface area contributed by atoms with Crippen LogP contribution in [-0.2, 0) is 4.79 Å². The molecule has 0 bridgehead atoms. The molecule has 3 saturated heterocycles. The lowest BCUT2D eigenvalue weighted by Gasteiger charge is -2.39. The van der Waals surface area contributed by atoms with Crippen LogP contribution in [0.3, 0.4) is 0 Å². The molecule has 48 heavy (non-hydrogen) atoms. The van der Waals surface area contributed by atoms with E-state index in [1.165, 1.54) is 11.3 Å². The topological polar surface area (TPSA) is 112 Å². The molecule has 4 aromatic rings. The molecule has 1 amide bonds. The maximum Gasteiger partial charge on any atom is 0.229 e. The predicted octanol–water partition coefficient (Wildman–Crippen LogP) is 5.73. The second-order valence-corrected chi connectivity index (χ2v) is 16.5. The fraction of sp³-hybridized carbons (Fsp3) is 0.457. The lowest BCUT2D eigenvalue weighted by molar-refractivity contribution is -0.128. The molecule has 3 fully saturated rings. The summed E-state index contributed by atoms with van der Waals surface area (Å²) in [6.07, 6.45) is 7.50. The van der Waals surface area contributed by atoms with Crippen LogP contribution in [0.2, 0.25) is 0 Å². The van der Waals surface area contributed by atoms with Gasteiger partial charge in [-0.3, -0.25) is 19.7 Å². The lowest BCUT2D eigenvalue weighted by atomic mass is 10.0. The number of rotatable bonds is 8. The van der Waals surface area contributed by atoms with Crippen molar-refractivity contribution in [1.82, 2.24) is 29.7 Å². The van der Waals surface area contributed by atoms with E-state index in [9.17, 15) is 4.79 Å². The first-order valence-corrected chi connectivity index (χ1v) is 19.6. The van der Waals surface area contributed by atoms with Gasteiger partial charge >= 0.3 is 0 Å². The van der Waals surface area contributed by atoms with Crippen molar-refractivity contribution in [3.8, 4) is 5.75 Å². The minimum Gasteiger partial charge on any atom is -0.494 e. The molecule has 2 N–H and O–H groups in total. The zero-order valence-corrected chi connectivity index (χ0v) is 30.7. The van der Waals surface area contributed by atoms with E-state index in [0.717, 1.165) is 90.0 Å². The number of halogens is 1. The summed E-state index contributed by atoms with van der Waals surface area (Å²) < 4.78 is 6.65. The van der Waals surface area contributed by atoms with Crippen LogP contribution >= 0.6 is 23.9 Å². The summed E-state index contributed by atoms with van der Waals surface area (Å²) in [6.45, 7) is 14.4. The van der Waals surface area contributed by atoms with Gasteiger partial charge in [-0.2, -0.15) is 4.98 Å². The number of piperidine rings is 1. The zero-order valence-electron chi connectivity index (χ0n) is 28.2. The van der Waals surface area contributed by atoms with Crippen LogP contribution in [0.15, 0.2) is 47.3 Å². The Balaban J connectivity index is 1.04. The molecule has 7 rings (SSSR count). The summed E-state index contributed by atoms with van der Waals surface area (Å²) >= 11 is 3.64. The number of likely N-dealkylation sites (tertiary alicyclic amines) is 2. The van der Waals surface area contributed by atoms with Gasteiger partial charge in [-0.1, -0.05) is 7.92 Å². The quantitative estimate of drug-likeness (QED) is 0.218. The Labute approximate surface area is 291 Å². The van der Waals surface area contributed by atoms with Gasteiger partial charge in [0.05, 0.1) is 28.3 Å². The molecule has 0 unspecified atom stereocenters. The molecule has 11 nitrogen and oxygen atoms in total. The Bertz CT molecular complexity index is 1820. The second-order valence-electron chi connectivity index (χ2n) is 13.4. The van der Waals surface area contributed by atoms with Crippen molar-refractivity contribution in [2.24, 2.45) is 11.8 Å². The predicted molar refractivity (Wildman–Crippen MR) is 198 cm³/mol. The first-order valence-electron chi connectivity index (χ1n) is 16.6. The number of carbonyl (C=O) groups is 1. The normalized spacial score (nSPS) is 20.1. The van der Waals surface area contributed by atoms with Gasteiger partial charge in [-0.25, -0.2) is 4.98 Å². The van der Waals surface area contributed by atoms with E-state index >= 15 is 0 Å². The van der Waals surface area contributed by atoms with Crippen molar-refractivity contribution in [3.63, 3.8) is 0 Å². The van der Waals surface area contributed by atoms with E-state index in [1.807, 2.05) is 17.0 Å². The fourth-order valence-corrected chi connectivity index (χ4v) is 9.18. The minimum absolute atomic E-state index is 0.219. The zero-order chi connectivity index (χ0) is 33.5. The molecular weight excluding hydrogens is 689 g/mol. The Kier molecular flexibility index (Phi) is 9.41. The Morgan fingerprint density at radius 3 is 2.40 bits per heavy atom. The number of ether oxygens (including phenoxy) is 1. The number of carbonyl (C=O) groups excluding carboxylic acids is 1. The number of hydrogen-bond acceptors (Lipinski definition) is 10. The standard InChI is InChI=1S/C35H43BrN9O2P/c1-21-14-29(41-35-39-16-26(36)34(42-35)40-28-7-6-27-32(33(28)48(4)5)38-11-10-37-27)31(47-3)15-30(21)43-12-8-25(9-13-43)45-19-23-17-44(22(2)46)18-24(23)20-45/h6-7,10-11,14-16,23-25H,8-9,12-13,17-20H2,1-5H3,(H2,39,40,41,42)/t23-,24+. The number of aryl methyl sites for hydroxylation is 1. The van der Waals surface area contributed by atoms with Crippen LogP contribution in [0, 0.1) is 18.8 Å². The van der Waals surface area contributed by atoms with E-state index in [4.69, 9.17) is 9.72 Å². The largest absolute Gasteiger partial charge is 0.494 e. The van der Waals surface area contributed by atoms with Gasteiger partial charge in [-0.05, 0) is 84.6 Å². The van der Waals surface area contributed by atoms with E-state index in [0.29, 0.717) is 29.6 Å². The highest BCUT2D eigenvalue weighted by Gasteiger charge is 2.43. The summed E-state index contributed by atoms with van der Waals surface area (Å²) in [5, 5.41) is 8.09. The fourth-order valence-electron chi connectivity index (χ4n) is 7.68.